The van der Waals surface area contributed by atoms with E-state index in [1.807, 2.05) is 0 Å². The van der Waals surface area contributed by atoms with Crippen molar-refractivity contribution in [1.29, 1.82) is 0 Å². The topological polar surface area (TPSA) is 44.7 Å². The molecule has 0 saturated carbocycles. The smallest absolute Gasteiger partial charge is 0.123 e. The maximum atomic E-state index is 12.9. The van der Waals surface area contributed by atoms with E-state index < -0.39 is 0 Å². The SMILES string of the molecule is COCCCN[C@@H]1CCN(Cc2ccc(F)cc2)C[C@H]1O.Cl.Cl.Cl. The van der Waals surface area contributed by atoms with Gasteiger partial charge in [-0.05, 0) is 37.1 Å². The molecule has 0 unspecified atom stereocenters. The molecule has 1 fully saturated rings. The van der Waals surface area contributed by atoms with Crippen LogP contribution < -0.4 is 5.32 Å². The minimum atomic E-state index is -0.359. The average Bonchev–Trinajstić information content (AvgIpc) is 2.48. The number of methoxy groups -OCH3 is 1. The van der Waals surface area contributed by atoms with Crippen molar-refractivity contribution < 1.29 is 14.2 Å². The van der Waals surface area contributed by atoms with E-state index in [0.717, 1.165) is 44.6 Å². The molecule has 0 bridgehead atoms. The molecule has 4 nitrogen and oxygen atoms in total. The summed E-state index contributed by atoms with van der Waals surface area (Å²) in [5.41, 5.74) is 1.08. The lowest BCUT2D eigenvalue weighted by Gasteiger charge is -2.36. The molecule has 1 saturated heterocycles. The number of nitrogens with one attached hydrogen (secondary N) is 1. The van der Waals surface area contributed by atoms with Gasteiger partial charge in [-0.1, -0.05) is 12.1 Å². The summed E-state index contributed by atoms with van der Waals surface area (Å²) in [4.78, 5) is 2.21. The van der Waals surface area contributed by atoms with Gasteiger partial charge in [0.05, 0.1) is 6.10 Å². The highest BCUT2D eigenvalue weighted by molar-refractivity contribution is 5.86. The van der Waals surface area contributed by atoms with Gasteiger partial charge in [-0.2, -0.15) is 0 Å². The van der Waals surface area contributed by atoms with Crippen LogP contribution in [0.1, 0.15) is 18.4 Å². The lowest BCUT2D eigenvalue weighted by Crippen LogP contribution is -2.52. The normalized spacial score (nSPS) is 20.5. The van der Waals surface area contributed by atoms with Crippen LogP contribution in [0.2, 0.25) is 0 Å². The molecular weight excluding hydrogens is 378 g/mol. The molecule has 1 aliphatic heterocycles. The number of aliphatic hydroxyl groups excluding tert-OH is 1. The van der Waals surface area contributed by atoms with Crippen LogP contribution in [0, 0.1) is 5.82 Å². The summed E-state index contributed by atoms with van der Waals surface area (Å²) in [5, 5.41) is 13.6. The summed E-state index contributed by atoms with van der Waals surface area (Å²) in [7, 11) is 1.70. The van der Waals surface area contributed by atoms with E-state index in [2.05, 4.69) is 10.2 Å². The zero-order valence-electron chi connectivity index (χ0n) is 13.8. The number of aliphatic hydroxyl groups is 1. The van der Waals surface area contributed by atoms with Crippen LogP contribution in [0.15, 0.2) is 24.3 Å². The van der Waals surface area contributed by atoms with Gasteiger partial charge in [-0.25, -0.2) is 4.39 Å². The molecule has 8 heteroatoms. The molecule has 1 aliphatic rings. The van der Waals surface area contributed by atoms with Gasteiger partial charge in [-0.15, -0.1) is 37.2 Å². The zero-order chi connectivity index (χ0) is 15.1. The summed E-state index contributed by atoms with van der Waals surface area (Å²) in [6.07, 6.45) is 1.52. The average molecular weight is 406 g/mol. The maximum Gasteiger partial charge on any atom is 0.123 e. The Kier molecular flexibility index (Phi) is 15.3. The van der Waals surface area contributed by atoms with Gasteiger partial charge in [0, 0.05) is 39.4 Å². The quantitative estimate of drug-likeness (QED) is 0.685. The van der Waals surface area contributed by atoms with Gasteiger partial charge in [0.15, 0.2) is 0 Å². The molecule has 2 atom stereocenters. The molecule has 142 valence electrons. The van der Waals surface area contributed by atoms with Crippen LogP contribution in [0.25, 0.3) is 0 Å². The van der Waals surface area contributed by atoms with Gasteiger partial charge in [0.2, 0.25) is 0 Å². The summed E-state index contributed by atoms with van der Waals surface area (Å²) >= 11 is 0. The second-order valence-electron chi connectivity index (χ2n) is 5.62. The number of rotatable bonds is 7. The number of ether oxygens (including phenoxy) is 1. The second-order valence-corrected chi connectivity index (χ2v) is 5.62. The van der Waals surface area contributed by atoms with Gasteiger partial charge in [-0.3, -0.25) is 4.90 Å². The largest absolute Gasteiger partial charge is 0.390 e. The Labute approximate surface area is 162 Å². The van der Waals surface area contributed by atoms with Gasteiger partial charge in [0.25, 0.3) is 0 Å². The first-order valence-electron chi connectivity index (χ1n) is 7.56. The van der Waals surface area contributed by atoms with Gasteiger partial charge >= 0.3 is 0 Å². The fraction of sp³-hybridized carbons (Fsp3) is 0.625. The number of benzene rings is 1. The van der Waals surface area contributed by atoms with E-state index in [4.69, 9.17) is 4.74 Å². The van der Waals surface area contributed by atoms with E-state index in [9.17, 15) is 9.50 Å². The molecule has 1 heterocycles. The standard InChI is InChI=1S/C16H25FN2O2.3ClH/c1-21-10-2-8-18-15-7-9-19(12-16(15)20)11-13-3-5-14(17)6-4-13;;;/h3-6,15-16,18,20H,2,7-12H2,1H3;3*1H/t15-,16-;;;/m1.../s1. The van der Waals surface area contributed by atoms with Crippen molar-refractivity contribution >= 4 is 37.2 Å². The lowest BCUT2D eigenvalue weighted by molar-refractivity contribution is 0.0364. The number of piperidine rings is 1. The van der Waals surface area contributed by atoms with E-state index >= 15 is 0 Å². The summed E-state index contributed by atoms with van der Waals surface area (Å²) in [5.74, 6) is -0.210. The van der Waals surface area contributed by atoms with Crippen LogP contribution >= 0.6 is 37.2 Å². The molecular formula is C16H28Cl3FN2O2. The monoisotopic (exact) mass is 404 g/mol. The minimum Gasteiger partial charge on any atom is -0.390 e. The van der Waals surface area contributed by atoms with Crippen LogP contribution in [-0.4, -0.2) is 55.5 Å². The number of halogens is 4. The predicted molar refractivity (Wildman–Crippen MR) is 102 cm³/mol. The first kappa shape index (κ1) is 26.1. The van der Waals surface area contributed by atoms with Gasteiger partial charge in [0.1, 0.15) is 5.82 Å². The fourth-order valence-electron chi connectivity index (χ4n) is 2.73. The third-order valence-corrected chi connectivity index (χ3v) is 3.92. The Morgan fingerprint density at radius 2 is 1.92 bits per heavy atom. The third-order valence-electron chi connectivity index (χ3n) is 3.92. The van der Waals surface area contributed by atoms with E-state index in [1.54, 1.807) is 19.2 Å². The highest BCUT2D eigenvalue weighted by Gasteiger charge is 2.26. The molecule has 1 aromatic rings. The van der Waals surface area contributed by atoms with Crippen molar-refractivity contribution in [2.75, 3.05) is 33.4 Å². The Balaban J connectivity index is 0. The van der Waals surface area contributed by atoms with E-state index in [1.165, 1.54) is 12.1 Å². The number of β-amino-alcohol motifs (C(OH)–C–C–N with tert-alkyl or cyclic N) is 1. The molecule has 0 aliphatic carbocycles. The fourth-order valence-corrected chi connectivity index (χ4v) is 2.73. The van der Waals surface area contributed by atoms with Crippen molar-refractivity contribution in [3.63, 3.8) is 0 Å². The van der Waals surface area contributed by atoms with Crippen LogP contribution in [-0.2, 0) is 11.3 Å². The van der Waals surface area contributed by atoms with Crippen molar-refractivity contribution in [1.82, 2.24) is 10.2 Å². The Bertz CT molecular complexity index is 426. The molecule has 0 radical (unpaired) electrons. The predicted octanol–water partition coefficient (Wildman–Crippen LogP) is 2.65. The Hall–Kier alpha value is -0.140. The maximum absolute atomic E-state index is 12.9. The lowest BCUT2D eigenvalue weighted by atomic mass is 10.0. The van der Waals surface area contributed by atoms with Crippen LogP contribution in [0.5, 0.6) is 0 Å². The van der Waals surface area contributed by atoms with Crippen molar-refractivity contribution in [2.24, 2.45) is 0 Å². The van der Waals surface area contributed by atoms with Crippen LogP contribution in [0.4, 0.5) is 4.39 Å². The number of hydrogen-bond acceptors (Lipinski definition) is 4. The minimum absolute atomic E-state index is 0. The third kappa shape index (κ3) is 8.81. The van der Waals surface area contributed by atoms with Crippen molar-refractivity contribution in [3.05, 3.63) is 35.6 Å². The first-order chi connectivity index (χ1) is 10.2. The van der Waals surface area contributed by atoms with Crippen molar-refractivity contribution in [2.45, 2.75) is 31.5 Å². The van der Waals surface area contributed by atoms with Gasteiger partial charge < -0.3 is 15.2 Å². The molecule has 0 spiro atoms. The summed E-state index contributed by atoms with van der Waals surface area (Å²) in [6, 6.07) is 6.73. The number of hydrogen-bond donors (Lipinski definition) is 2. The second kappa shape index (κ2) is 14.1. The summed E-state index contributed by atoms with van der Waals surface area (Å²) < 4.78 is 17.9. The zero-order valence-corrected chi connectivity index (χ0v) is 16.3. The van der Waals surface area contributed by atoms with E-state index in [-0.39, 0.29) is 55.2 Å². The van der Waals surface area contributed by atoms with Crippen molar-refractivity contribution in [3.8, 4) is 0 Å². The molecule has 0 aromatic heterocycles. The molecule has 2 N–H and O–H groups in total. The number of nitrogens with zero attached hydrogens (tertiary/aromatic N) is 1. The Morgan fingerprint density at radius 3 is 2.50 bits per heavy atom. The molecule has 1 aromatic carbocycles. The molecule has 24 heavy (non-hydrogen) atoms. The molecule has 0 amide bonds. The highest BCUT2D eigenvalue weighted by Crippen LogP contribution is 2.15. The highest BCUT2D eigenvalue weighted by atomic mass is 35.5. The number of likely N-dealkylation sites (tertiary alicyclic amines) is 1. The van der Waals surface area contributed by atoms with E-state index in [0.29, 0.717) is 6.54 Å². The van der Waals surface area contributed by atoms with Crippen LogP contribution in [0.3, 0.4) is 0 Å². The molecule has 2 rings (SSSR count). The first-order valence-corrected chi connectivity index (χ1v) is 7.56. The summed E-state index contributed by atoms with van der Waals surface area (Å²) in [6.45, 7) is 3.96. The Morgan fingerprint density at radius 1 is 1.25 bits per heavy atom.